The summed E-state index contributed by atoms with van der Waals surface area (Å²) in [6.07, 6.45) is 10.7. The minimum Gasteiger partial charge on any atom is -0.385 e. The summed E-state index contributed by atoms with van der Waals surface area (Å²) in [4.78, 5) is 0. The van der Waals surface area contributed by atoms with Crippen molar-refractivity contribution in [3.63, 3.8) is 0 Å². The minimum atomic E-state index is 0.453. The smallest absolute Gasteiger partial charge is 0.0538 e. The molecule has 0 fully saturated rings. The van der Waals surface area contributed by atoms with E-state index < -0.39 is 0 Å². The summed E-state index contributed by atoms with van der Waals surface area (Å²) in [6.45, 7) is 26.6. The van der Waals surface area contributed by atoms with Gasteiger partial charge < -0.3 is 10.6 Å². The lowest BCUT2D eigenvalue weighted by molar-refractivity contribution is 0.392. The van der Waals surface area contributed by atoms with E-state index >= 15 is 0 Å². The van der Waals surface area contributed by atoms with Gasteiger partial charge in [-0.05, 0) is 74.5 Å². The molecule has 0 spiro atoms. The van der Waals surface area contributed by atoms with Crippen LogP contribution in [0.15, 0.2) is 86.2 Å². The van der Waals surface area contributed by atoms with Gasteiger partial charge >= 0.3 is 0 Å². The summed E-state index contributed by atoms with van der Waals surface area (Å²) in [7, 11) is 0. The molecule has 176 valence electrons. The van der Waals surface area contributed by atoms with Gasteiger partial charge in [-0.1, -0.05) is 62.8 Å². The zero-order valence-electron chi connectivity index (χ0n) is 21.1. The van der Waals surface area contributed by atoms with Crippen molar-refractivity contribution in [2.24, 2.45) is 17.8 Å². The summed E-state index contributed by atoms with van der Waals surface area (Å²) in [5.41, 5.74) is 6.96. The molecule has 2 heteroatoms. The number of hydrogen-bond donors (Lipinski definition) is 2. The molecule has 2 nitrogen and oxygen atoms in total. The Morgan fingerprint density at radius 3 is 2.41 bits per heavy atom. The Bertz CT molecular complexity index is 754. The third kappa shape index (κ3) is 7.89. The van der Waals surface area contributed by atoms with Crippen LogP contribution in [0.3, 0.4) is 0 Å². The predicted octanol–water partition coefficient (Wildman–Crippen LogP) is 8.22. The highest BCUT2D eigenvalue weighted by atomic mass is 14.9. The molecule has 0 aromatic heterocycles. The fourth-order valence-corrected chi connectivity index (χ4v) is 4.71. The Morgan fingerprint density at radius 1 is 1.12 bits per heavy atom. The SMILES string of the molecule is C=C.C=C.C=C(NC1C2=C(CCC=C2)CC1C)C(CC)CC(C)CNc1ccc(C)cc1. The maximum absolute atomic E-state index is 4.46. The highest BCUT2D eigenvalue weighted by Crippen LogP contribution is 2.38. The quantitative estimate of drug-likeness (QED) is 0.382. The van der Waals surface area contributed by atoms with Gasteiger partial charge in [0, 0.05) is 17.9 Å². The van der Waals surface area contributed by atoms with Gasteiger partial charge in [0.2, 0.25) is 0 Å². The average molecular weight is 435 g/mol. The Kier molecular flexibility index (Phi) is 12.5. The number of aryl methyl sites for hydroxylation is 1. The third-order valence-electron chi connectivity index (χ3n) is 6.51. The molecular weight excluding hydrogens is 388 g/mol. The van der Waals surface area contributed by atoms with Crippen molar-refractivity contribution >= 4 is 5.69 Å². The lowest BCUT2D eigenvalue weighted by atomic mass is 9.89. The molecule has 2 aliphatic carbocycles. The third-order valence-corrected chi connectivity index (χ3v) is 6.51. The molecule has 0 amide bonds. The second-order valence-electron chi connectivity index (χ2n) is 9.02. The molecule has 0 saturated heterocycles. The molecule has 4 unspecified atom stereocenters. The standard InChI is InChI=1S/C26H38N2.2C2H4/c1-6-22(15-19(3)17-27-24-13-11-18(2)12-14-24)21(5)28-26-20(4)16-23-9-7-8-10-25(23)26;2*1-2/h8,10-14,19-20,22,26-28H,5-7,9,15-17H2,1-4H3;2*1-2H2. The van der Waals surface area contributed by atoms with E-state index in [1.54, 1.807) is 11.1 Å². The van der Waals surface area contributed by atoms with Crippen molar-refractivity contribution < 1.29 is 0 Å². The van der Waals surface area contributed by atoms with E-state index in [9.17, 15) is 0 Å². The zero-order valence-corrected chi connectivity index (χ0v) is 21.1. The molecule has 2 aliphatic rings. The molecule has 0 heterocycles. The van der Waals surface area contributed by atoms with Gasteiger partial charge in [-0.2, -0.15) is 0 Å². The molecule has 0 bridgehead atoms. The first-order valence-electron chi connectivity index (χ1n) is 12.1. The summed E-state index contributed by atoms with van der Waals surface area (Å²) >= 11 is 0. The van der Waals surface area contributed by atoms with Crippen LogP contribution < -0.4 is 10.6 Å². The largest absolute Gasteiger partial charge is 0.385 e. The second-order valence-corrected chi connectivity index (χ2v) is 9.02. The summed E-state index contributed by atoms with van der Waals surface area (Å²) in [5, 5.41) is 7.43. The van der Waals surface area contributed by atoms with E-state index in [4.69, 9.17) is 0 Å². The fourth-order valence-electron chi connectivity index (χ4n) is 4.71. The first-order valence-corrected chi connectivity index (χ1v) is 12.1. The second kappa shape index (κ2) is 14.6. The van der Waals surface area contributed by atoms with Crippen molar-refractivity contribution in [3.8, 4) is 0 Å². The van der Waals surface area contributed by atoms with Crippen LogP contribution in [0.25, 0.3) is 0 Å². The van der Waals surface area contributed by atoms with E-state index in [0.717, 1.165) is 13.0 Å². The highest BCUT2D eigenvalue weighted by molar-refractivity contribution is 5.44. The first-order chi connectivity index (χ1) is 15.5. The van der Waals surface area contributed by atoms with Crippen LogP contribution in [0.1, 0.15) is 58.4 Å². The van der Waals surface area contributed by atoms with Crippen LogP contribution >= 0.6 is 0 Å². The molecule has 0 aliphatic heterocycles. The monoisotopic (exact) mass is 434 g/mol. The van der Waals surface area contributed by atoms with E-state index in [1.165, 1.54) is 42.6 Å². The van der Waals surface area contributed by atoms with Gasteiger partial charge in [-0.15, -0.1) is 26.3 Å². The maximum atomic E-state index is 4.46. The van der Waals surface area contributed by atoms with Crippen molar-refractivity contribution in [2.45, 2.75) is 65.8 Å². The van der Waals surface area contributed by atoms with Gasteiger partial charge in [0.15, 0.2) is 0 Å². The number of anilines is 1. The van der Waals surface area contributed by atoms with Gasteiger partial charge in [0.1, 0.15) is 0 Å². The predicted molar refractivity (Wildman–Crippen MR) is 145 cm³/mol. The lowest BCUT2D eigenvalue weighted by Crippen LogP contribution is -2.35. The van der Waals surface area contributed by atoms with Crippen LogP contribution in [-0.4, -0.2) is 12.6 Å². The van der Waals surface area contributed by atoms with Gasteiger partial charge in [-0.25, -0.2) is 0 Å². The lowest BCUT2D eigenvalue weighted by Gasteiger charge is -2.29. The molecule has 3 rings (SSSR count). The molecule has 4 atom stereocenters. The van der Waals surface area contributed by atoms with E-state index in [2.05, 4.69) is 108 Å². The normalized spacial score (nSPS) is 20.6. The summed E-state index contributed by atoms with van der Waals surface area (Å²) < 4.78 is 0. The van der Waals surface area contributed by atoms with Crippen molar-refractivity contribution in [1.29, 1.82) is 0 Å². The molecule has 32 heavy (non-hydrogen) atoms. The van der Waals surface area contributed by atoms with Crippen molar-refractivity contribution in [2.75, 3.05) is 11.9 Å². The first kappa shape index (κ1) is 27.6. The maximum Gasteiger partial charge on any atom is 0.0538 e. The summed E-state index contributed by atoms with van der Waals surface area (Å²) in [5.74, 6) is 1.80. The molecule has 1 aromatic rings. The van der Waals surface area contributed by atoms with E-state index in [0.29, 0.717) is 23.8 Å². The van der Waals surface area contributed by atoms with Gasteiger partial charge in [0.05, 0.1) is 6.04 Å². The number of nitrogens with one attached hydrogen (secondary N) is 2. The van der Waals surface area contributed by atoms with Crippen molar-refractivity contribution in [3.05, 3.63) is 91.7 Å². The average Bonchev–Trinajstić information content (AvgIpc) is 3.14. The number of benzene rings is 1. The Balaban J connectivity index is 0.00000121. The number of hydrogen-bond acceptors (Lipinski definition) is 2. The van der Waals surface area contributed by atoms with Crippen molar-refractivity contribution in [1.82, 2.24) is 5.32 Å². The Labute approximate surface area is 198 Å². The fraction of sp³-hybridized carbons (Fsp3) is 0.467. The molecule has 2 N–H and O–H groups in total. The molecule has 1 aromatic carbocycles. The zero-order chi connectivity index (χ0) is 24.1. The van der Waals surface area contributed by atoms with E-state index in [-0.39, 0.29) is 0 Å². The molecular formula is C30H46N2. The Hall–Kier alpha value is -2.48. The van der Waals surface area contributed by atoms with Crippen LogP contribution in [0.5, 0.6) is 0 Å². The Morgan fingerprint density at radius 2 is 1.78 bits per heavy atom. The summed E-state index contributed by atoms with van der Waals surface area (Å²) in [6, 6.07) is 9.13. The van der Waals surface area contributed by atoms with Crippen LogP contribution in [0.2, 0.25) is 0 Å². The highest BCUT2D eigenvalue weighted by Gasteiger charge is 2.32. The topological polar surface area (TPSA) is 24.1 Å². The van der Waals surface area contributed by atoms with Crippen LogP contribution in [-0.2, 0) is 0 Å². The van der Waals surface area contributed by atoms with Gasteiger partial charge in [-0.3, -0.25) is 0 Å². The number of rotatable bonds is 9. The van der Waals surface area contributed by atoms with Crippen LogP contribution in [0.4, 0.5) is 5.69 Å². The minimum absolute atomic E-state index is 0.453. The number of allylic oxidation sites excluding steroid dienone is 3. The molecule has 0 radical (unpaired) electrons. The van der Waals surface area contributed by atoms with E-state index in [1.807, 2.05) is 0 Å². The van der Waals surface area contributed by atoms with Crippen LogP contribution in [0, 0.1) is 24.7 Å². The molecule has 0 saturated carbocycles. The van der Waals surface area contributed by atoms with Gasteiger partial charge in [0.25, 0.3) is 0 Å².